The van der Waals surface area contributed by atoms with Crippen molar-refractivity contribution in [3.8, 4) is 0 Å². The van der Waals surface area contributed by atoms with E-state index in [2.05, 4.69) is 10.3 Å². The molecule has 0 bridgehead atoms. The maximum Gasteiger partial charge on any atom is 0.320 e. The predicted molar refractivity (Wildman–Crippen MR) is 63.1 cm³/mol. The van der Waals surface area contributed by atoms with Gasteiger partial charge in [0.1, 0.15) is 6.04 Å². The fourth-order valence-electron chi connectivity index (χ4n) is 2.58. The largest absolute Gasteiger partial charge is 0.480 e. The maximum absolute atomic E-state index is 10.8. The number of halogens is 1. The summed E-state index contributed by atoms with van der Waals surface area (Å²) in [5.41, 5.74) is 0.195. The van der Waals surface area contributed by atoms with Gasteiger partial charge in [-0.25, -0.2) is 4.98 Å². The maximum atomic E-state index is 10.8. The molecule has 0 aromatic carbocycles. The molecule has 88 valence electrons. The van der Waals surface area contributed by atoms with Gasteiger partial charge in [-0.3, -0.25) is 4.79 Å². The molecule has 0 amide bonds. The van der Waals surface area contributed by atoms with E-state index in [1.807, 2.05) is 11.6 Å². The van der Waals surface area contributed by atoms with Gasteiger partial charge in [-0.15, -0.1) is 23.7 Å². The SMILES string of the molecule is Cl.O=C(O)[C@@H]1C[C@]2(Cc3nccs3)C[C@@H]2N1. The van der Waals surface area contributed by atoms with E-state index in [4.69, 9.17) is 5.11 Å². The lowest BCUT2D eigenvalue weighted by molar-refractivity contribution is -0.139. The monoisotopic (exact) mass is 260 g/mol. The van der Waals surface area contributed by atoms with E-state index in [9.17, 15) is 4.79 Å². The molecule has 1 aromatic heterocycles. The van der Waals surface area contributed by atoms with Crippen molar-refractivity contribution in [2.75, 3.05) is 0 Å². The van der Waals surface area contributed by atoms with Crippen molar-refractivity contribution in [2.24, 2.45) is 5.41 Å². The highest BCUT2D eigenvalue weighted by atomic mass is 35.5. The van der Waals surface area contributed by atoms with Crippen LogP contribution >= 0.6 is 23.7 Å². The molecule has 1 aliphatic carbocycles. The van der Waals surface area contributed by atoms with Crippen LogP contribution in [-0.2, 0) is 11.2 Å². The lowest BCUT2D eigenvalue weighted by atomic mass is 9.96. The molecule has 4 nitrogen and oxygen atoms in total. The number of aliphatic carboxylic acids is 1. The number of nitrogens with zero attached hydrogens (tertiary/aromatic N) is 1. The van der Waals surface area contributed by atoms with Crippen LogP contribution in [0.2, 0.25) is 0 Å². The van der Waals surface area contributed by atoms with Crippen LogP contribution in [0.3, 0.4) is 0 Å². The van der Waals surface area contributed by atoms with Crippen molar-refractivity contribution >= 4 is 29.7 Å². The van der Waals surface area contributed by atoms with Crippen molar-refractivity contribution in [3.05, 3.63) is 16.6 Å². The number of hydrogen-bond donors (Lipinski definition) is 2. The molecule has 2 heterocycles. The first kappa shape index (κ1) is 11.8. The number of aromatic nitrogens is 1. The Bertz CT molecular complexity index is 398. The van der Waals surface area contributed by atoms with E-state index < -0.39 is 5.97 Å². The average Bonchev–Trinajstić information content (AvgIpc) is 2.63. The first-order valence-corrected chi connectivity index (χ1v) is 5.95. The summed E-state index contributed by atoms with van der Waals surface area (Å²) in [5.74, 6) is -0.722. The Morgan fingerprint density at radius 1 is 1.69 bits per heavy atom. The first-order valence-electron chi connectivity index (χ1n) is 5.07. The third-order valence-electron chi connectivity index (χ3n) is 3.49. The van der Waals surface area contributed by atoms with Gasteiger partial charge in [0.05, 0.1) is 5.01 Å². The van der Waals surface area contributed by atoms with Gasteiger partial charge < -0.3 is 10.4 Å². The van der Waals surface area contributed by atoms with Gasteiger partial charge >= 0.3 is 5.97 Å². The molecule has 1 saturated heterocycles. The zero-order chi connectivity index (χ0) is 10.5. The molecular formula is C10H13ClN2O2S. The molecule has 1 saturated carbocycles. The number of carboxylic acid groups (broad SMARTS) is 1. The molecular weight excluding hydrogens is 248 g/mol. The molecule has 1 aromatic rings. The summed E-state index contributed by atoms with van der Waals surface area (Å²) in [6.07, 6.45) is 4.61. The minimum Gasteiger partial charge on any atom is -0.480 e. The van der Waals surface area contributed by atoms with Gasteiger partial charge in [-0.1, -0.05) is 0 Å². The normalized spacial score (nSPS) is 35.2. The van der Waals surface area contributed by atoms with Gasteiger partial charge in [-0.05, 0) is 18.3 Å². The van der Waals surface area contributed by atoms with Crippen LogP contribution in [0.5, 0.6) is 0 Å². The number of hydrogen-bond acceptors (Lipinski definition) is 4. The number of thiazole rings is 1. The number of carbonyl (C=O) groups is 1. The molecule has 0 unspecified atom stereocenters. The average molecular weight is 261 g/mol. The minimum atomic E-state index is -0.722. The molecule has 2 fully saturated rings. The fraction of sp³-hybridized carbons (Fsp3) is 0.600. The molecule has 0 radical (unpaired) electrons. The lowest BCUT2D eigenvalue weighted by Gasteiger charge is -2.11. The molecule has 0 spiro atoms. The zero-order valence-electron chi connectivity index (χ0n) is 8.55. The van der Waals surface area contributed by atoms with Crippen LogP contribution in [0, 0.1) is 5.41 Å². The zero-order valence-corrected chi connectivity index (χ0v) is 10.2. The molecule has 2 aliphatic rings. The van der Waals surface area contributed by atoms with Gasteiger partial charge in [0, 0.05) is 24.0 Å². The van der Waals surface area contributed by atoms with Gasteiger partial charge in [-0.2, -0.15) is 0 Å². The molecule has 3 rings (SSSR count). The van der Waals surface area contributed by atoms with Gasteiger partial charge in [0.25, 0.3) is 0 Å². The third kappa shape index (κ3) is 1.83. The summed E-state index contributed by atoms with van der Waals surface area (Å²) in [6, 6.07) is 0.0613. The summed E-state index contributed by atoms with van der Waals surface area (Å²) in [7, 11) is 0. The second kappa shape index (κ2) is 3.98. The van der Waals surface area contributed by atoms with Crippen LogP contribution in [-0.4, -0.2) is 28.1 Å². The van der Waals surface area contributed by atoms with E-state index in [1.54, 1.807) is 11.3 Å². The number of piperidine rings is 1. The Balaban J connectivity index is 0.000000963. The number of carboxylic acids is 1. The van der Waals surface area contributed by atoms with Crippen molar-refractivity contribution in [1.29, 1.82) is 0 Å². The third-order valence-corrected chi connectivity index (χ3v) is 4.27. The molecule has 6 heteroatoms. The van der Waals surface area contributed by atoms with Crippen LogP contribution in [0.4, 0.5) is 0 Å². The lowest BCUT2D eigenvalue weighted by Crippen LogP contribution is -2.33. The number of rotatable bonds is 3. The molecule has 16 heavy (non-hydrogen) atoms. The van der Waals surface area contributed by atoms with E-state index in [0.717, 1.165) is 24.3 Å². The standard InChI is InChI=1S/C10H12N2O2S.ClH/c13-9(14)6-3-10(4-7(10)12-6)5-8-11-1-2-15-8;/h1-2,6-7,12H,3-5H2,(H,13,14);1H/t6-,7-,10+;/m0./s1. The number of fused-ring (bicyclic) bond motifs is 1. The second-order valence-corrected chi connectivity index (χ2v) is 5.46. The van der Waals surface area contributed by atoms with Crippen LogP contribution in [0.15, 0.2) is 11.6 Å². The summed E-state index contributed by atoms with van der Waals surface area (Å²) in [6.45, 7) is 0. The van der Waals surface area contributed by atoms with Crippen molar-refractivity contribution in [1.82, 2.24) is 10.3 Å². The van der Waals surface area contributed by atoms with Crippen molar-refractivity contribution in [3.63, 3.8) is 0 Å². The van der Waals surface area contributed by atoms with Crippen LogP contribution in [0.1, 0.15) is 17.8 Å². The summed E-state index contributed by atoms with van der Waals surface area (Å²) in [4.78, 5) is 15.1. The van der Waals surface area contributed by atoms with Crippen molar-refractivity contribution in [2.45, 2.75) is 31.3 Å². The predicted octanol–water partition coefficient (Wildman–Crippen LogP) is 1.31. The van der Waals surface area contributed by atoms with Crippen molar-refractivity contribution < 1.29 is 9.90 Å². The molecule has 3 atom stereocenters. The Morgan fingerprint density at radius 3 is 3.06 bits per heavy atom. The Labute approximate surface area is 103 Å². The van der Waals surface area contributed by atoms with E-state index >= 15 is 0 Å². The fourth-order valence-corrected chi connectivity index (χ4v) is 3.36. The van der Waals surface area contributed by atoms with Gasteiger partial charge in [0.15, 0.2) is 0 Å². The Kier molecular flexibility index (Phi) is 2.94. The highest BCUT2D eigenvalue weighted by Crippen LogP contribution is 2.56. The van der Waals surface area contributed by atoms with E-state index in [1.165, 1.54) is 0 Å². The smallest absolute Gasteiger partial charge is 0.320 e. The topological polar surface area (TPSA) is 62.2 Å². The first-order chi connectivity index (χ1) is 7.20. The van der Waals surface area contributed by atoms with E-state index in [-0.39, 0.29) is 23.9 Å². The summed E-state index contributed by atoms with van der Waals surface area (Å²) < 4.78 is 0. The minimum absolute atomic E-state index is 0. The quantitative estimate of drug-likeness (QED) is 0.860. The molecule has 1 aliphatic heterocycles. The summed E-state index contributed by atoms with van der Waals surface area (Å²) >= 11 is 1.66. The Hall–Kier alpha value is -0.650. The highest BCUT2D eigenvalue weighted by Gasteiger charge is 2.61. The number of nitrogens with one attached hydrogen (secondary N) is 1. The highest BCUT2D eigenvalue weighted by molar-refractivity contribution is 7.09. The second-order valence-electron chi connectivity index (χ2n) is 4.48. The van der Waals surface area contributed by atoms with Crippen LogP contribution in [0.25, 0.3) is 0 Å². The van der Waals surface area contributed by atoms with E-state index in [0.29, 0.717) is 6.04 Å². The van der Waals surface area contributed by atoms with Gasteiger partial charge in [0.2, 0.25) is 0 Å². The summed E-state index contributed by atoms with van der Waals surface area (Å²) in [5, 5.41) is 15.2. The van der Waals surface area contributed by atoms with Crippen LogP contribution < -0.4 is 5.32 Å². The Morgan fingerprint density at radius 2 is 2.50 bits per heavy atom. The molecule has 2 N–H and O–H groups in total.